The highest BCUT2D eigenvalue weighted by molar-refractivity contribution is 5.94. The number of alkyl halides is 3. The molecule has 2 aromatic carbocycles. The SMILES string of the molecule is C[C@H]1CN(C2CCC(C#N)(c3ccc(C(=O)NCC(F)(F)F)cc3)C2)CCC12C=Cc1ccccc12. The molecule has 2 fully saturated rings. The van der Waals surface area contributed by atoms with Gasteiger partial charge in [-0.1, -0.05) is 55.5 Å². The molecule has 5 rings (SSSR count). The number of halogens is 3. The van der Waals surface area contributed by atoms with Crippen molar-refractivity contribution in [3.05, 3.63) is 76.9 Å². The maximum absolute atomic E-state index is 12.4. The third kappa shape index (κ3) is 4.32. The zero-order chi connectivity index (χ0) is 25.6. The number of nitrogens with one attached hydrogen (secondary N) is 1. The Balaban J connectivity index is 1.26. The molecule has 1 amide bonds. The van der Waals surface area contributed by atoms with Crippen LogP contribution in [0.4, 0.5) is 13.2 Å². The lowest BCUT2D eigenvalue weighted by molar-refractivity contribution is -0.123. The molecule has 4 atom stereocenters. The third-order valence-corrected chi connectivity index (χ3v) is 8.59. The largest absolute Gasteiger partial charge is 0.405 e. The molecule has 3 aliphatic rings. The number of benzene rings is 2. The lowest BCUT2D eigenvalue weighted by atomic mass is 9.67. The van der Waals surface area contributed by atoms with Gasteiger partial charge in [0.25, 0.3) is 5.91 Å². The molecule has 1 heterocycles. The van der Waals surface area contributed by atoms with Gasteiger partial charge in [0, 0.05) is 23.6 Å². The number of hydrogen-bond donors (Lipinski definition) is 1. The van der Waals surface area contributed by atoms with Gasteiger partial charge in [0.05, 0.1) is 11.5 Å². The van der Waals surface area contributed by atoms with Crippen molar-refractivity contribution in [3.8, 4) is 6.07 Å². The van der Waals surface area contributed by atoms with Gasteiger partial charge in [-0.15, -0.1) is 0 Å². The standard InChI is InChI=1S/C29H30F3N3O/c1-20-17-35(15-14-28(20)13-10-21-4-2-3-5-25(21)28)24-11-12-27(16-24,18-33)23-8-6-22(7-9-23)26(36)34-19-29(30,31)32/h2-10,13,20,24H,11-12,14-17,19H2,1H3,(H,34,36)/t20-,24?,27?,28?/m0/s1. The molecule has 1 saturated carbocycles. The molecule has 1 saturated heterocycles. The lowest BCUT2D eigenvalue weighted by Gasteiger charge is -2.46. The van der Waals surface area contributed by atoms with Crippen LogP contribution < -0.4 is 5.32 Å². The normalized spacial score (nSPS) is 29.8. The van der Waals surface area contributed by atoms with Gasteiger partial charge in [0.2, 0.25) is 0 Å². The van der Waals surface area contributed by atoms with Crippen molar-refractivity contribution in [1.82, 2.24) is 10.2 Å². The average Bonchev–Trinajstić information content (AvgIpc) is 3.48. The summed E-state index contributed by atoms with van der Waals surface area (Å²) in [6.45, 7) is 2.92. The number of amides is 1. The first kappa shape index (κ1) is 24.6. The van der Waals surface area contributed by atoms with Crippen molar-refractivity contribution in [2.24, 2.45) is 5.92 Å². The van der Waals surface area contributed by atoms with Crippen LogP contribution >= 0.6 is 0 Å². The number of fused-ring (bicyclic) bond motifs is 2. The van der Waals surface area contributed by atoms with E-state index in [1.54, 1.807) is 12.1 Å². The van der Waals surface area contributed by atoms with Gasteiger partial charge in [0.15, 0.2) is 0 Å². The molecule has 2 aromatic rings. The Morgan fingerprint density at radius 2 is 1.92 bits per heavy atom. The molecule has 3 unspecified atom stereocenters. The number of allylic oxidation sites excluding steroid dienone is 1. The number of carbonyl (C=O) groups excluding carboxylic acids is 1. The van der Waals surface area contributed by atoms with Gasteiger partial charge >= 0.3 is 6.18 Å². The molecule has 36 heavy (non-hydrogen) atoms. The zero-order valence-electron chi connectivity index (χ0n) is 20.3. The number of rotatable bonds is 4. The van der Waals surface area contributed by atoms with Crippen molar-refractivity contribution in [3.63, 3.8) is 0 Å². The van der Waals surface area contributed by atoms with Crippen LogP contribution in [0.15, 0.2) is 54.6 Å². The van der Waals surface area contributed by atoms with Crippen LogP contribution in [0.2, 0.25) is 0 Å². The number of likely N-dealkylation sites (tertiary alicyclic amines) is 1. The van der Waals surface area contributed by atoms with Gasteiger partial charge in [0.1, 0.15) is 6.54 Å². The first-order chi connectivity index (χ1) is 17.2. The average molecular weight is 494 g/mol. The molecule has 0 radical (unpaired) electrons. The topological polar surface area (TPSA) is 56.1 Å². The molecular weight excluding hydrogens is 463 g/mol. The van der Waals surface area contributed by atoms with Gasteiger partial charge in [-0.2, -0.15) is 18.4 Å². The Morgan fingerprint density at radius 1 is 1.17 bits per heavy atom. The molecule has 4 nitrogen and oxygen atoms in total. The van der Waals surface area contributed by atoms with E-state index in [4.69, 9.17) is 0 Å². The van der Waals surface area contributed by atoms with E-state index in [1.165, 1.54) is 23.3 Å². The minimum atomic E-state index is -4.46. The van der Waals surface area contributed by atoms with Crippen molar-refractivity contribution in [2.75, 3.05) is 19.6 Å². The highest BCUT2D eigenvalue weighted by Gasteiger charge is 2.48. The minimum Gasteiger partial charge on any atom is -0.343 e. The summed E-state index contributed by atoms with van der Waals surface area (Å²) in [5.74, 6) is -0.314. The first-order valence-corrected chi connectivity index (χ1v) is 12.6. The fourth-order valence-corrected chi connectivity index (χ4v) is 6.54. The van der Waals surface area contributed by atoms with E-state index in [0.717, 1.165) is 44.3 Å². The van der Waals surface area contributed by atoms with Gasteiger partial charge in [-0.3, -0.25) is 9.69 Å². The van der Waals surface area contributed by atoms with Crippen LogP contribution in [0.25, 0.3) is 6.08 Å². The first-order valence-electron chi connectivity index (χ1n) is 12.6. The molecule has 2 aliphatic carbocycles. The highest BCUT2D eigenvalue weighted by Crippen LogP contribution is 2.49. The molecule has 1 spiro atoms. The van der Waals surface area contributed by atoms with Gasteiger partial charge in [-0.05, 0) is 67.0 Å². The predicted molar refractivity (Wildman–Crippen MR) is 132 cm³/mol. The summed E-state index contributed by atoms with van der Waals surface area (Å²) in [6, 6.07) is 18.0. The molecule has 0 bridgehead atoms. The smallest absolute Gasteiger partial charge is 0.343 e. The van der Waals surface area contributed by atoms with E-state index < -0.39 is 24.0 Å². The fraction of sp³-hybridized carbons (Fsp3) is 0.448. The Morgan fingerprint density at radius 3 is 2.61 bits per heavy atom. The van der Waals surface area contributed by atoms with Crippen molar-refractivity contribution < 1.29 is 18.0 Å². The van der Waals surface area contributed by atoms with Crippen LogP contribution in [0.3, 0.4) is 0 Å². The number of nitriles is 1. The monoisotopic (exact) mass is 493 g/mol. The number of nitrogens with zero attached hydrogens (tertiary/aromatic N) is 2. The Hall–Kier alpha value is -3.11. The van der Waals surface area contributed by atoms with Crippen LogP contribution in [-0.4, -0.2) is 42.7 Å². The Kier molecular flexibility index (Phi) is 6.20. The van der Waals surface area contributed by atoms with Crippen molar-refractivity contribution in [2.45, 2.75) is 55.7 Å². The second-order valence-corrected chi connectivity index (χ2v) is 10.6. The van der Waals surface area contributed by atoms with Crippen LogP contribution in [0.1, 0.15) is 59.7 Å². The summed E-state index contributed by atoms with van der Waals surface area (Å²) < 4.78 is 37.2. The maximum atomic E-state index is 12.4. The fourth-order valence-electron chi connectivity index (χ4n) is 6.54. The predicted octanol–water partition coefficient (Wildman–Crippen LogP) is 5.60. The van der Waals surface area contributed by atoms with Gasteiger partial charge < -0.3 is 5.32 Å². The molecule has 188 valence electrons. The molecule has 1 aliphatic heterocycles. The van der Waals surface area contributed by atoms with Crippen LogP contribution in [-0.2, 0) is 10.8 Å². The lowest BCUT2D eigenvalue weighted by Crippen LogP contribution is -2.50. The van der Waals surface area contributed by atoms with E-state index in [2.05, 4.69) is 54.3 Å². The Labute approximate surface area is 209 Å². The van der Waals surface area contributed by atoms with Crippen LogP contribution in [0, 0.1) is 17.2 Å². The summed E-state index contributed by atoms with van der Waals surface area (Å²) in [5.41, 5.74) is 3.16. The number of hydrogen-bond acceptors (Lipinski definition) is 3. The van der Waals surface area contributed by atoms with E-state index in [0.29, 0.717) is 12.0 Å². The molecule has 7 heteroatoms. The summed E-state index contributed by atoms with van der Waals surface area (Å²) >= 11 is 0. The summed E-state index contributed by atoms with van der Waals surface area (Å²) in [7, 11) is 0. The van der Waals surface area contributed by atoms with E-state index in [9.17, 15) is 23.2 Å². The van der Waals surface area contributed by atoms with E-state index in [1.807, 2.05) is 5.32 Å². The third-order valence-electron chi connectivity index (χ3n) is 8.59. The number of carbonyl (C=O) groups is 1. The summed E-state index contributed by atoms with van der Waals surface area (Å²) in [6.07, 6.45) is 3.61. The maximum Gasteiger partial charge on any atom is 0.405 e. The quantitative estimate of drug-likeness (QED) is 0.603. The summed E-state index contributed by atoms with van der Waals surface area (Å²) in [5, 5.41) is 12.1. The highest BCUT2D eigenvalue weighted by atomic mass is 19.4. The van der Waals surface area contributed by atoms with Crippen molar-refractivity contribution in [1.29, 1.82) is 5.26 Å². The molecule has 0 aromatic heterocycles. The van der Waals surface area contributed by atoms with Crippen molar-refractivity contribution >= 4 is 12.0 Å². The Bertz CT molecular complexity index is 1220. The second-order valence-electron chi connectivity index (χ2n) is 10.6. The summed E-state index contributed by atoms with van der Waals surface area (Å²) in [4.78, 5) is 14.6. The number of piperidine rings is 1. The minimum absolute atomic E-state index is 0.0839. The van der Waals surface area contributed by atoms with E-state index >= 15 is 0 Å². The molecular formula is C29H30F3N3O. The molecule has 1 N–H and O–H groups in total. The second kappa shape index (κ2) is 9.08. The van der Waals surface area contributed by atoms with E-state index in [-0.39, 0.29) is 11.0 Å². The van der Waals surface area contributed by atoms with Crippen LogP contribution in [0.5, 0.6) is 0 Å². The zero-order valence-corrected chi connectivity index (χ0v) is 20.3. The van der Waals surface area contributed by atoms with Gasteiger partial charge in [-0.25, -0.2) is 0 Å².